The Morgan fingerprint density at radius 1 is 1.00 bits per heavy atom. The van der Waals surface area contributed by atoms with Gasteiger partial charge in [0, 0.05) is 18.0 Å². The Labute approximate surface area is 164 Å². The Morgan fingerprint density at radius 2 is 1.79 bits per heavy atom. The fourth-order valence-electron chi connectivity index (χ4n) is 2.96. The second-order valence-corrected chi connectivity index (χ2v) is 8.02. The zero-order valence-electron chi connectivity index (χ0n) is 15.3. The van der Waals surface area contributed by atoms with E-state index in [0.29, 0.717) is 28.7 Å². The van der Waals surface area contributed by atoms with Gasteiger partial charge in [0.25, 0.3) is 10.0 Å². The van der Waals surface area contributed by atoms with E-state index in [1.54, 1.807) is 24.3 Å². The Kier molecular flexibility index (Phi) is 4.63. The minimum Gasteiger partial charge on any atom is -0.421 e. The number of nitrogens with one attached hydrogen (secondary N) is 3. The topological polar surface area (TPSA) is 134 Å². The van der Waals surface area contributed by atoms with Crippen molar-refractivity contribution in [2.24, 2.45) is 0 Å². The molecule has 2 heterocycles. The smallest absolute Gasteiger partial charge is 0.417 e. The van der Waals surface area contributed by atoms with Crippen LogP contribution >= 0.6 is 0 Å². The van der Waals surface area contributed by atoms with E-state index in [-0.39, 0.29) is 16.2 Å². The molecule has 4 rings (SSSR count). The first-order valence-electron chi connectivity index (χ1n) is 8.84. The third-order valence-electron chi connectivity index (χ3n) is 4.30. The number of sulfonamides is 1. The molecule has 0 saturated carbocycles. The average Bonchev–Trinajstić information content (AvgIpc) is 3.07. The monoisotopic (exact) mass is 415 g/mol. The number of para-hydroxylation sites is 1. The Balaban J connectivity index is 1.83. The number of benzene rings is 2. The SMILES string of the molecule is CCCNc1c(NS(=O)(=O)c2ccc3[nH]c(=O)oc3c2)c(=O)oc2ccccc12. The van der Waals surface area contributed by atoms with Crippen LogP contribution in [-0.4, -0.2) is 19.9 Å². The van der Waals surface area contributed by atoms with Crippen LogP contribution in [0.25, 0.3) is 22.1 Å². The van der Waals surface area contributed by atoms with Crippen LogP contribution in [0.1, 0.15) is 13.3 Å². The third kappa shape index (κ3) is 3.49. The molecule has 10 heteroatoms. The highest BCUT2D eigenvalue weighted by Gasteiger charge is 2.22. The number of fused-ring (bicyclic) bond motifs is 2. The van der Waals surface area contributed by atoms with E-state index in [1.807, 2.05) is 6.92 Å². The lowest BCUT2D eigenvalue weighted by atomic mass is 10.2. The van der Waals surface area contributed by atoms with Gasteiger partial charge in [-0.1, -0.05) is 19.1 Å². The average molecular weight is 415 g/mol. The van der Waals surface area contributed by atoms with Crippen molar-refractivity contribution in [3.8, 4) is 0 Å². The minimum atomic E-state index is -4.16. The normalized spacial score (nSPS) is 11.8. The molecule has 0 aliphatic carbocycles. The fourth-order valence-corrected chi connectivity index (χ4v) is 4.04. The summed E-state index contributed by atoms with van der Waals surface area (Å²) in [5.74, 6) is -0.691. The van der Waals surface area contributed by atoms with Gasteiger partial charge in [-0.15, -0.1) is 0 Å². The third-order valence-corrected chi connectivity index (χ3v) is 5.65. The van der Waals surface area contributed by atoms with Crippen molar-refractivity contribution in [1.29, 1.82) is 0 Å². The maximum Gasteiger partial charge on any atom is 0.417 e. The quantitative estimate of drug-likeness (QED) is 0.412. The van der Waals surface area contributed by atoms with E-state index in [0.717, 1.165) is 6.42 Å². The van der Waals surface area contributed by atoms with Crippen LogP contribution in [0, 0.1) is 0 Å². The summed E-state index contributed by atoms with van der Waals surface area (Å²) in [5.41, 5.74) is 0.108. The predicted octanol–water partition coefficient (Wildman–Crippen LogP) is 2.85. The number of rotatable bonds is 6. The highest BCUT2D eigenvalue weighted by Crippen LogP contribution is 2.30. The molecule has 150 valence electrons. The molecule has 4 aromatic rings. The number of aromatic nitrogens is 1. The fraction of sp³-hybridized carbons (Fsp3) is 0.158. The molecule has 0 atom stereocenters. The van der Waals surface area contributed by atoms with E-state index in [4.69, 9.17) is 8.83 Å². The minimum absolute atomic E-state index is 0.0905. The van der Waals surface area contributed by atoms with Crippen molar-refractivity contribution in [3.05, 3.63) is 63.4 Å². The summed E-state index contributed by atoms with van der Waals surface area (Å²) < 4.78 is 38.3. The summed E-state index contributed by atoms with van der Waals surface area (Å²) in [6, 6.07) is 10.8. The van der Waals surface area contributed by atoms with Crippen LogP contribution in [0.4, 0.5) is 11.4 Å². The summed E-state index contributed by atoms with van der Waals surface area (Å²) in [6.07, 6.45) is 0.768. The Hall–Kier alpha value is -3.53. The van der Waals surface area contributed by atoms with Crippen molar-refractivity contribution < 1.29 is 17.3 Å². The predicted molar refractivity (Wildman–Crippen MR) is 109 cm³/mol. The van der Waals surface area contributed by atoms with Gasteiger partial charge in [0.2, 0.25) is 0 Å². The molecule has 29 heavy (non-hydrogen) atoms. The van der Waals surface area contributed by atoms with Gasteiger partial charge in [-0.3, -0.25) is 9.71 Å². The number of anilines is 2. The zero-order chi connectivity index (χ0) is 20.6. The summed E-state index contributed by atoms with van der Waals surface area (Å²) in [7, 11) is -4.16. The molecule has 0 aliphatic rings. The van der Waals surface area contributed by atoms with Crippen molar-refractivity contribution in [2.45, 2.75) is 18.2 Å². The number of oxazole rings is 1. The highest BCUT2D eigenvalue weighted by molar-refractivity contribution is 7.92. The largest absolute Gasteiger partial charge is 0.421 e. The zero-order valence-corrected chi connectivity index (χ0v) is 16.1. The molecular weight excluding hydrogens is 398 g/mol. The maximum absolute atomic E-state index is 12.9. The molecule has 0 bridgehead atoms. The molecule has 0 unspecified atom stereocenters. The molecule has 2 aromatic carbocycles. The van der Waals surface area contributed by atoms with Gasteiger partial charge in [-0.05, 0) is 30.7 Å². The van der Waals surface area contributed by atoms with Crippen molar-refractivity contribution in [1.82, 2.24) is 4.98 Å². The lowest BCUT2D eigenvalue weighted by Gasteiger charge is -2.14. The van der Waals surface area contributed by atoms with Gasteiger partial charge in [-0.25, -0.2) is 18.0 Å². The first-order valence-corrected chi connectivity index (χ1v) is 10.3. The van der Waals surface area contributed by atoms with Gasteiger partial charge < -0.3 is 14.2 Å². The summed E-state index contributed by atoms with van der Waals surface area (Å²) in [5, 5.41) is 3.68. The number of aromatic amines is 1. The highest BCUT2D eigenvalue weighted by atomic mass is 32.2. The van der Waals surface area contributed by atoms with Crippen LogP contribution in [0.5, 0.6) is 0 Å². The number of H-pyrrole nitrogens is 1. The Bertz CT molecular complexity index is 1430. The first kappa shape index (κ1) is 18.8. The number of hydrogen-bond acceptors (Lipinski definition) is 7. The number of hydrogen-bond donors (Lipinski definition) is 3. The summed E-state index contributed by atoms with van der Waals surface area (Å²) >= 11 is 0. The lowest BCUT2D eigenvalue weighted by Crippen LogP contribution is -2.21. The summed E-state index contributed by atoms with van der Waals surface area (Å²) in [6.45, 7) is 2.48. The van der Waals surface area contributed by atoms with E-state index in [1.165, 1.54) is 18.2 Å². The van der Waals surface area contributed by atoms with Crippen molar-refractivity contribution in [3.63, 3.8) is 0 Å². The van der Waals surface area contributed by atoms with E-state index in [9.17, 15) is 18.0 Å². The lowest BCUT2D eigenvalue weighted by molar-refractivity contribution is 0.554. The van der Waals surface area contributed by atoms with E-state index in [2.05, 4.69) is 15.0 Å². The van der Waals surface area contributed by atoms with Crippen LogP contribution in [-0.2, 0) is 10.0 Å². The second-order valence-electron chi connectivity index (χ2n) is 6.34. The molecule has 2 aromatic heterocycles. The molecule has 0 spiro atoms. The summed E-state index contributed by atoms with van der Waals surface area (Å²) in [4.78, 5) is 26.1. The van der Waals surface area contributed by atoms with Gasteiger partial charge in [0.05, 0.1) is 16.1 Å². The standard InChI is InChI=1S/C19H17N3O6S/c1-2-9-20-16-12-5-3-4-6-14(12)27-18(23)17(16)22-29(25,26)11-7-8-13-15(10-11)28-19(24)21-13/h3-8,10,20,22H,2,9H2,1H3,(H,21,24). The molecule has 0 saturated heterocycles. The molecule has 9 nitrogen and oxygen atoms in total. The maximum atomic E-state index is 12.9. The molecule has 0 radical (unpaired) electrons. The van der Waals surface area contributed by atoms with E-state index < -0.39 is 21.4 Å². The van der Waals surface area contributed by atoms with Crippen LogP contribution in [0.3, 0.4) is 0 Å². The van der Waals surface area contributed by atoms with Gasteiger partial charge in [-0.2, -0.15) is 0 Å². The molecule has 0 fully saturated rings. The van der Waals surface area contributed by atoms with Gasteiger partial charge >= 0.3 is 11.4 Å². The molecular formula is C19H17N3O6S. The van der Waals surface area contributed by atoms with E-state index >= 15 is 0 Å². The molecule has 0 aliphatic heterocycles. The van der Waals surface area contributed by atoms with Crippen LogP contribution in [0.2, 0.25) is 0 Å². The van der Waals surface area contributed by atoms with Gasteiger partial charge in [0.1, 0.15) is 5.58 Å². The second kappa shape index (κ2) is 7.13. The van der Waals surface area contributed by atoms with Crippen molar-refractivity contribution in [2.75, 3.05) is 16.6 Å². The van der Waals surface area contributed by atoms with Crippen LogP contribution < -0.4 is 21.4 Å². The molecule has 0 amide bonds. The first-order chi connectivity index (χ1) is 13.9. The van der Waals surface area contributed by atoms with Crippen LogP contribution in [0.15, 0.2) is 65.8 Å². The molecule has 3 N–H and O–H groups in total. The van der Waals surface area contributed by atoms with Crippen molar-refractivity contribution >= 4 is 43.5 Å². The van der Waals surface area contributed by atoms with Gasteiger partial charge in [0.15, 0.2) is 11.3 Å². The Morgan fingerprint density at radius 3 is 2.59 bits per heavy atom.